The van der Waals surface area contributed by atoms with E-state index in [4.69, 9.17) is 0 Å². The fourth-order valence-electron chi connectivity index (χ4n) is 9.35. The maximum atomic E-state index is 2.62. The Kier molecular flexibility index (Phi) is 11.8. The highest BCUT2D eigenvalue weighted by molar-refractivity contribution is 4.91. The van der Waals surface area contributed by atoms with Crippen LogP contribution in [-0.2, 0) is 0 Å². The van der Waals surface area contributed by atoms with Gasteiger partial charge in [0.15, 0.2) is 0 Å². The summed E-state index contributed by atoms with van der Waals surface area (Å²) in [6, 6.07) is 0.883. The zero-order chi connectivity index (χ0) is 24.4. The highest BCUT2D eigenvalue weighted by atomic mass is 15.4. The van der Waals surface area contributed by atoms with E-state index in [1.807, 2.05) is 0 Å². The average Bonchev–Trinajstić information content (AvgIpc) is 3.10. The number of quaternary nitrogens is 1. The molecule has 1 nitrogen and oxygen atoms in total. The molecular weight excluding hydrogens is 410 g/mol. The third-order valence-electron chi connectivity index (χ3n) is 11.6. The van der Waals surface area contributed by atoms with Crippen molar-refractivity contribution in [3.63, 3.8) is 0 Å². The Morgan fingerprint density at radius 1 is 0.765 bits per heavy atom. The van der Waals surface area contributed by atoms with Crippen LogP contribution in [0.1, 0.15) is 157 Å². The van der Waals surface area contributed by atoms with Crippen molar-refractivity contribution in [3.8, 4) is 0 Å². The second-order valence-electron chi connectivity index (χ2n) is 13.7. The normalized spacial score (nSPS) is 32.7. The lowest BCUT2D eigenvalue weighted by atomic mass is 9.61. The van der Waals surface area contributed by atoms with Crippen LogP contribution >= 0.6 is 0 Å². The molecular formula is C33H64N+. The lowest BCUT2D eigenvalue weighted by Gasteiger charge is -2.51. The van der Waals surface area contributed by atoms with Crippen LogP contribution in [0.5, 0.6) is 0 Å². The van der Waals surface area contributed by atoms with Gasteiger partial charge in [0, 0.05) is 5.92 Å². The van der Waals surface area contributed by atoms with Gasteiger partial charge in [0.1, 0.15) is 0 Å². The van der Waals surface area contributed by atoms with Crippen molar-refractivity contribution in [3.05, 3.63) is 0 Å². The first-order valence-corrected chi connectivity index (χ1v) is 16.3. The lowest BCUT2D eigenvalue weighted by molar-refractivity contribution is -0.956. The summed E-state index contributed by atoms with van der Waals surface area (Å²) in [5, 5.41) is 0. The molecule has 0 bridgehead atoms. The number of hydrogen-bond acceptors (Lipinski definition) is 0. The Labute approximate surface area is 215 Å². The topological polar surface area (TPSA) is 0 Å². The minimum atomic E-state index is 0.666. The molecule has 5 atom stereocenters. The standard InChI is InChI=1S/C33H64N/c1-6-16-32(22-19-28(4)31-17-12-11-13-18-31)33(23-14-9-10-15-24-33)26-30-21-20-29(5)34(8-3,27-30)25-7-2/h28-32H,6-27H2,1-5H3/q+1. The molecule has 0 aromatic rings. The molecule has 0 aromatic carbocycles. The summed E-state index contributed by atoms with van der Waals surface area (Å²) in [5.74, 6) is 3.98. The van der Waals surface area contributed by atoms with E-state index in [-0.39, 0.29) is 0 Å². The summed E-state index contributed by atoms with van der Waals surface area (Å²) in [4.78, 5) is 0. The predicted octanol–water partition coefficient (Wildman–Crippen LogP) is 10.2. The first-order valence-electron chi connectivity index (χ1n) is 16.3. The van der Waals surface area contributed by atoms with Crippen molar-refractivity contribution in [2.75, 3.05) is 19.6 Å². The molecule has 200 valence electrons. The molecule has 0 aromatic heterocycles. The van der Waals surface area contributed by atoms with E-state index in [0.29, 0.717) is 5.41 Å². The van der Waals surface area contributed by atoms with E-state index in [1.165, 1.54) is 127 Å². The quantitative estimate of drug-likeness (QED) is 0.195. The van der Waals surface area contributed by atoms with Crippen LogP contribution < -0.4 is 0 Å². The van der Waals surface area contributed by atoms with Gasteiger partial charge in [-0.05, 0) is 82.0 Å². The molecule has 1 heterocycles. The number of hydrogen-bond donors (Lipinski definition) is 0. The Morgan fingerprint density at radius 2 is 1.44 bits per heavy atom. The molecule has 5 unspecified atom stereocenters. The summed E-state index contributed by atoms with van der Waals surface area (Å²) < 4.78 is 1.43. The minimum Gasteiger partial charge on any atom is -0.321 e. The molecule has 1 heteroatoms. The second kappa shape index (κ2) is 14.0. The van der Waals surface area contributed by atoms with Gasteiger partial charge in [-0.15, -0.1) is 0 Å². The Morgan fingerprint density at radius 3 is 2.06 bits per heavy atom. The van der Waals surface area contributed by atoms with Crippen molar-refractivity contribution in [1.29, 1.82) is 0 Å². The van der Waals surface area contributed by atoms with Gasteiger partial charge in [-0.3, -0.25) is 0 Å². The first-order chi connectivity index (χ1) is 16.5. The van der Waals surface area contributed by atoms with Crippen molar-refractivity contribution >= 4 is 0 Å². The number of nitrogens with zero attached hydrogens (tertiary/aromatic N) is 1. The third-order valence-corrected chi connectivity index (χ3v) is 11.6. The third kappa shape index (κ3) is 7.26. The summed E-state index contributed by atoms with van der Waals surface area (Å²) in [6.07, 6.45) is 28.6. The molecule has 3 rings (SSSR count). The summed E-state index contributed by atoms with van der Waals surface area (Å²) in [7, 11) is 0. The van der Waals surface area contributed by atoms with Gasteiger partial charge in [-0.25, -0.2) is 0 Å². The maximum absolute atomic E-state index is 2.62. The van der Waals surface area contributed by atoms with Crippen LogP contribution in [0.25, 0.3) is 0 Å². The fraction of sp³-hybridized carbons (Fsp3) is 1.00. The van der Waals surface area contributed by atoms with Gasteiger partial charge in [-0.2, -0.15) is 0 Å². The van der Waals surface area contributed by atoms with Crippen LogP contribution in [0.3, 0.4) is 0 Å². The Hall–Kier alpha value is -0.0400. The van der Waals surface area contributed by atoms with E-state index in [0.717, 1.165) is 29.7 Å². The van der Waals surface area contributed by atoms with E-state index >= 15 is 0 Å². The molecule has 34 heavy (non-hydrogen) atoms. The second-order valence-corrected chi connectivity index (χ2v) is 13.7. The minimum absolute atomic E-state index is 0.666. The maximum Gasteiger partial charge on any atom is 0.0861 e. The molecule has 3 aliphatic rings. The Balaban J connectivity index is 1.74. The van der Waals surface area contributed by atoms with Crippen molar-refractivity contribution in [2.24, 2.45) is 29.1 Å². The van der Waals surface area contributed by atoms with E-state index < -0.39 is 0 Å². The lowest BCUT2D eigenvalue weighted by Crippen LogP contribution is -2.60. The molecule has 1 aliphatic heterocycles. The number of piperidine rings is 1. The molecule has 1 saturated heterocycles. The Bertz CT molecular complexity index is 541. The van der Waals surface area contributed by atoms with Crippen LogP contribution in [0.15, 0.2) is 0 Å². The van der Waals surface area contributed by atoms with Crippen LogP contribution in [-0.4, -0.2) is 30.2 Å². The summed E-state index contributed by atoms with van der Waals surface area (Å²) >= 11 is 0. The van der Waals surface area contributed by atoms with Gasteiger partial charge < -0.3 is 4.48 Å². The van der Waals surface area contributed by atoms with E-state index in [1.54, 1.807) is 19.3 Å². The van der Waals surface area contributed by atoms with Crippen LogP contribution in [0.4, 0.5) is 0 Å². The molecule has 0 amide bonds. The van der Waals surface area contributed by atoms with Crippen LogP contribution in [0, 0.1) is 29.1 Å². The van der Waals surface area contributed by atoms with Gasteiger partial charge in [0.25, 0.3) is 0 Å². The van der Waals surface area contributed by atoms with Gasteiger partial charge in [0.05, 0.1) is 25.7 Å². The molecule has 2 aliphatic carbocycles. The average molecular weight is 475 g/mol. The van der Waals surface area contributed by atoms with Crippen molar-refractivity contribution in [1.82, 2.24) is 0 Å². The largest absolute Gasteiger partial charge is 0.321 e. The van der Waals surface area contributed by atoms with Crippen LogP contribution in [0.2, 0.25) is 0 Å². The SMILES string of the molecule is CCCC(CCC(C)C1CCCCC1)C1(CC2CCC(C)[N+](CC)(CCC)C2)CCCCCC1. The number of rotatable bonds is 12. The summed E-state index contributed by atoms with van der Waals surface area (Å²) in [5.41, 5.74) is 0.666. The van der Waals surface area contributed by atoms with Gasteiger partial charge in [0.2, 0.25) is 0 Å². The smallest absolute Gasteiger partial charge is 0.0861 e. The zero-order valence-corrected chi connectivity index (χ0v) is 24.4. The van der Waals surface area contributed by atoms with Crippen molar-refractivity contribution < 1.29 is 4.48 Å². The zero-order valence-electron chi connectivity index (χ0n) is 24.4. The van der Waals surface area contributed by atoms with Gasteiger partial charge in [-0.1, -0.05) is 97.8 Å². The molecule has 0 N–H and O–H groups in total. The summed E-state index contributed by atoms with van der Waals surface area (Å²) in [6.45, 7) is 16.8. The monoisotopic (exact) mass is 475 g/mol. The molecule has 3 fully saturated rings. The molecule has 0 spiro atoms. The highest BCUT2D eigenvalue weighted by Gasteiger charge is 2.45. The fourth-order valence-corrected chi connectivity index (χ4v) is 9.35. The predicted molar refractivity (Wildman–Crippen MR) is 151 cm³/mol. The van der Waals surface area contributed by atoms with E-state index in [2.05, 4.69) is 34.6 Å². The molecule has 0 radical (unpaired) electrons. The highest BCUT2D eigenvalue weighted by Crippen LogP contribution is 2.52. The van der Waals surface area contributed by atoms with Crippen molar-refractivity contribution in [2.45, 2.75) is 163 Å². The number of likely N-dealkylation sites (tertiary alicyclic amines) is 1. The van der Waals surface area contributed by atoms with E-state index in [9.17, 15) is 0 Å². The van der Waals surface area contributed by atoms with Gasteiger partial charge >= 0.3 is 0 Å². The first kappa shape index (κ1) is 28.5. The molecule has 2 saturated carbocycles.